The summed E-state index contributed by atoms with van der Waals surface area (Å²) < 4.78 is 19.1. The molecule has 4 aromatic heterocycles. The molecule has 10 aromatic carbocycles. The van der Waals surface area contributed by atoms with E-state index in [1.807, 2.05) is 18.2 Å². The van der Waals surface area contributed by atoms with Crippen LogP contribution in [0.5, 0.6) is 0 Å². The molecule has 2 aliphatic carbocycles. The van der Waals surface area contributed by atoms with Gasteiger partial charge in [-0.1, -0.05) is 188 Å². The Morgan fingerprint density at radius 3 is 1.66 bits per heavy atom. The highest BCUT2D eigenvalue weighted by Crippen LogP contribution is 2.56. The molecule has 14 aromatic rings. The summed E-state index contributed by atoms with van der Waals surface area (Å²) in [6.45, 7) is 0. The summed E-state index contributed by atoms with van der Waals surface area (Å²) in [6.07, 6.45) is 5.16. The van der Waals surface area contributed by atoms with Gasteiger partial charge in [0.1, 0.15) is 22.3 Å². The van der Waals surface area contributed by atoms with Gasteiger partial charge in [-0.3, -0.25) is 4.79 Å². The number of benzene rings is 10. The van der Waals surface area contributed by atoms with E-state index >= 15 is 0 Å². The Kier molecular flexibility index (Phi) is 8.30. The lowest BCUT2D eigenvalue weighted by Crippen LogP contribution is -2.43. The van der Waals surface area contributed by atoms with Crippen molar-refractivity contribution in [1.29, 1.82) is 0 Å². The number of ketones is 1. The fraction of sp³-hybridized carbons (Fsp3) is 0.0441. The molecular formula is C68H42N2O3. The fourth-order valence-electron chi connectivity index (χ4n) is 13.2. The topological polar surface area (TPSA) is 53.2 Å². The van der Waals surface area contributed by atoms with Crippen molar-refractivity contribution in [2.24, 2.45) is 5.92 Å². The van der Waals surface area contributed by atoms with Crippen molar-refractivity contribution in [3.05, 3.63) is 270 Å². The molecule has 1 unspecified atom stereocenters. The summed E-state index contributed by atoms with van der Waals surface area (Å²) in [4.78, 5) is 15.0. The van der Waals surface area contributed by atoms with Crippen molar-refractivity contribution in [3.63, 3.8) is 0 Å². The number of para-hydroxylation sites is 5. The maximum Gasteiger partial charge on any atom is 0.170 e. The maximum absolute atomic E-state index is 15.0. The number of nitrogens with zero attached hydrogens (tertiary/aromatic N) is 2. The number of carbonyl (C=O) groups excluding carboxylic acids is 1. The first kappa shape index (κ1) is 40.3. The lowest BCUT2D eigenvalue weighted by molar-refractivity contribution is 0.0923. The Bertz CT molecular complexity index is 4680. The molecule has 342 valence electrons. The summed E-state index contributed by atoms with van der Waals surface area (Å²) in [5, 5.41) is 8.72. The zero-order valence-electron chi connectivity index (χ0n) is 39.4. The number of allylic oxidation sites excluding steroid dienone is 4. The van der Waals surface area contributed by atoms with Crippen molar-refractivity contribution in [2.45, 2.75) is 11.8 Å². The van der Waals surface area contributed by atoms with Crippen LogP contribution >= 0.6 is 0 Å². The van der Waals surface area contributed by atoms with Gasteiger partial charge in [-0.15, -0.1) is 0 Å². The van der Waals surface area contributed by atoms with Crippen LogP contribution in [-0.4, -0.2) is 14.9 Å². The molecule has 0 spiro atoms. The van der Waals surface area contributed by atoms with Gasteiger partial charge in [0, 0.05) is 60.7 Å². The molecule has 0 aliphatic heterocycles. The van der Waals surface area contributed by atoms with Crippen LogP contribution in [0.1, 0.15) is 39.0 Å². The molecule has 5 nitrogen and oxygen atoms in total. The lowest BCUT2D eigenvalue weighted by atomic mass is 9.54. The minimum atomic E-state index is -0.745. The largest absolute Gasteiger partial charge is 0.455 e. The lowest BCUT2D eigenvalue weighted by Gasteiger charge is -2.46. The third-order valence-electron chi connectivity index (χ3n) is 16.1. The van der Waals surface area contributed by atoms with Gasteiger partial charge < -0.3 is 18.0 Å². The van der Waals surface area contributed by atoms with Gasteiger partial charge in [0.25, 0.3) is 0 Å². The molecule has 0 fully saturated rings. The predicted molar refractivity (Wildman–Crippen MR) is 297 cm³/mol. The molecule has 0 bridgehead atoms. The number of aromatic nitrogens is 2. The first-order chi connectivity index (χ1) is 36.2. The Morgan fingerprint density at radius 2 is 0.959 bits per heavy atom. The number of Topliss-reactive ketones (excluding diaryl/α,β-unsaturated/α-hetero) is 1. The molecular weight excluding hydrogens is 893 g/mol. The number of rotatable bonds is 5. The highest BCUT2D eigenvalue weighted by molar-refractivity contribution is 6.39. The molecule has 0 saturated carbocycles. The zero-order valence-corrected chi connectivity index (χ0v) is 39.4. The molecule has 2 aliphatic rings. The molecule has 73 heavy (non-hydrogen) atoms. The summed E-state index contributed by atoms with van der Waals surface area (Å²) in [7, 11) is 0. The number of hydrogen-bond acceptors (Lipinski definition) is 3. The highest BCUT2D eigenvalue weighted by Gasteiger charge is 2.51. The van der Waals surface area contributed by atoms with E-state index in [1.165, 1.54) is 0 Å². The van der Waals surface area contributed by atoms with Crippen LogP contribution in [0.3, 0.4) is 0 Å². The average Bonchev–Trinajstić information content (AvgIpc) is 4.22. The van der Waals surface area contributed by atoms with E-state index in [4.69, 9.17) is 8.83 Å². The Balaban J connectivity index is 1.05. The number of hydrogen-bond donors (Lipinski definition) is 0. The van der Waals surface area contributed by atoms with Gasteiger partial charge in [-0.2, -0.15) is 0 Å². The van der Waals surface area contributed by atoms with Crippen LogP contribution in [0, 0.1) is 5.92 Å². The van der Waals surface area contributed by atoms with Crippen LogP contribution in [0.25, 0.3) is 104 Å². The standard InChI is InChI=1S/C68H42N2O3/c71-65-47-27-10-15-31-54(47)68(42-20-4-1-5-21-42,43-22-6-2-7-23-43)55-38-41(36-37-48(55)65)52-39-45(40-53-46-26-13-18-34-58(46)72-66(52)53)70-57-33-17-12-29-50(57)61-63(70)60-49-28-11-16-32-56(49)69(44-24-8-3-9-25-44)64(60)62-51-30-14-19-35-59(51)73-67(61)62/h1-36,38-40,48H,37H2. The summed E-state index contributed by atoms with van der Waals surface area (Å²) in [5.74, 6) is -0.213. The number of carbonyl (C=O) groups is 1. The van der Waals surface area contributed by atoms with E-state index in [0.717, 1.165) is 138 Å². The van der Waals surface area contributed by atoms with Crippen LogP contribution in [-0.2, 0) is 5.41 Å². The van der Waals surface area contributed by atoms with E-state index < -0.39 is 5.41 Å². The van der Waals surface area contributed by atoms with Crippen molar-refractivity contribution >= 4 is 98.8 Å². The van der Waals surface area contributed by atoms with Crippen LogP contribution in [0.15, 0.2) is 251 Å². The minimum absolute atomic E-state index is 0.156. The van der Waals surface area contributed by atoms with Gasteiger partial charge >= 0.3 is 0 Å². The first-order valence-electron chi connectivity index (χ1n) is 25.1. The summed E-state index contributed by atoms with van der Waals surface area (Å²) >= 11 is 0. The predicted octanol–water partition coefficient (Wildman–Crippen LogP) is 17.2. The maximum atomic E-state index is 15.0. The van der Waals surface area contributed by atoms with E-state index in [0.29, 0.717) is 6.42 Å². The Morgan fingerprint density at radius 1 is 0.438 bits per heavy atom. The smallest absolute Gasteiger partial charge is 0.170 e. The Labute approximate surface area is 418 Å². The van der Waals surface area contributed by atoms with Crippen LogP contribution in [0.2, 0.25) is 0 Å². The summed E-state index contributed by atoms with van der Waals surface area (Å²) in [6, 6.07) is 79.6. The third-order valence-corrected chi connectivity index (χ3v) is 16.1. The second-order valence-electron chi connectivity index (χ2n) is 19.7. The van der Waals surface area contributed by atoms with E-state index in [2.05, 4.69) is 228 Å². The van der Waals surface area contributed by atoms with Gasteiger partial charge in [-0.05, 0) is 82.8 Å². The number of furan rings is 2. The second-order valence-corrected chi connectivity index (χ2v) is 19.7. The van der Waals surface area contributed by atoms with Crippen LogP contribution < -0.4 is 0 Å². The molecule has 0 N–H and O–H groups in total. The minimum Gasteiger partial charge on any atom is -0.455 e. The van der Waals surface area contributed by atoms with Crippen molar-refractivity contribution < 1.29 is 13.6 Å². The SMILES string of the molecule is O=C1c2ccccc2C(c2ccccc2)(c2ccccc2)C2=CC(c3cc(-n4c5ccccc5c5c6oc7ccccc7c6c6c(c7ccccc7n6-c6ccccc6)c54)cc4c3oc3ccccc34)=CCC12. The zero-order chi connectivity index (χ0) is 47.9. The monoisotopic (exact) mass is 934 g/mol. The normalized spacial score (nSPS) is 15.5. The molecule has 0 radical (unpaired) electrons. The van der Waals surface area contributed by atoms with E-state index in [-0.39, 0.29) is 11.7 Å². The summed E-state index contributed by atoms with van der Waals surface area (Å²) in [5.41, 5.74) is 16.1. The van der Waals surface area contributed by atoms with Crippen molar-refractivity contribution in [1.82, 2.24) is 9.13 Å². The molecule has 0 saturated heterocycles. The Hall–Kier alpha value is -9.45. The van der Waals surface area contributed by atoms with E-state index in [1.54, 1.807) is 0 Å². The van der Waals surface area contributed by atoms with Gasteiger partial charge in [0.15, 0.2) is 5.78 Å². The average molecular weight is 935 g/mol. The van der Waals surface area contributed by atoms with Crippen LogP contribution in [0.4, 0.5) is 0 Å². The van der Waals surface area contributed by atoms with Gasteiger partial charge in [0.2, 0.25) is 0 Å². The van der Waals surface area contributed by atoms with Crippen molar-refractivity contribution in [3.8, 4) is 11.4 Å². The van der Waals surface area contributed by atoms with Crippen molar-refractivity contribution in [2.75, 3.05) is 0 Å². The molecule has 4 heterocycles. The molecule has 16 rings (SSSR count). The number of fused-ring (bicyclic) bond motifs is 17. The van der Waals surface area contributed by atoms with Gasteiger partial charge in [-0.25, -0.2) is 0 Å². The van der Waals surface area contributed by atoms with E-state index in [9.17, 15) is 4.79 Å². The molecule has 5 heteroatoms. The quantitative estimate of drug-likeness (QED) is 0.173. The second kappa shape index (κ2) is 15.0. The fourth-order valence-corrected chi connectivity index (χ4v) is 13.2. The molecule has 1 atom stereocenters. The van der Waals surface area contributed by atoms with Gasteiger partial charge in [0.05, 0.1) is 38.3 Å². The molecule has 0 amide bonds. The highest BCUT2D eigenvalue weighted by atomic mass is 16.3. The third kappa shape index (κ3) is 5.38. The first-order valence-corrected chi connectivity index (χ1v) is 25.1.